The predicted octanol–water partition coefficient (Wildman–Crippen LogP) is 5.17. The van der Waals surface area contributed by atoms with Crippen molar-refractivity contribution in [2.75, 3.05) is 7.11 Å². The summed E-state index contributed by atoms with van der Waals surface area (Å²) in [6.07, 6.45) is 9.85. The Morgan fingerprint density at radius 1 is 1.15 bits per heavy atom. The largest absolute Gasteiger partial charge is 0.485 e. The molecule has 33 heavy (non-hydrogen) atoms. The normalized spacial score (nSPS) is 38.5. The van der Waals surface area contributed by atoms with Gasteiger partial charge in [-0.25, -0.2) is 0 Å². The number of ketones is 1. The maximum atomic E-state index is 12.9. The van der Waals surface area contributed by atoms with Crippen LogP contribution in [0.3, 0.4) is 0 Å². The minimum absolute atomic E-state index is 0.0389. The molecule has 0 aromatic heterocycles. The average molecular weight is 443 g/mol. The summed E-state index contributed by atoms with van der Waals surface area (Å²) in [5.41, 5.74) is 2.99. The number of Topliss-reactive ketones (excluding diaryl/α,β-unsaturated/α-hetero) is 1. The first-order valence-electron chi connectivity index (χ1n) is 12.3. The van der Waals surface area contributed by atoms with E-state index in [9.17, 15) is 4.79 Å². The number of hydrogen-bond acceptors (Lipinski definition) is 4. The molecule has 2 aromatic carbocycles. The minimum atomic E-state index is -0.722. The van der Waals surface area contributed by atoms with Crippen LogP contribution >= 0.6 is 0 Å². The molecule has 0 saturated heterocycles. The van der Waals surface area contributed by atoms with Crippen molar-refractivity contribution in [1.29, 1.82) is 0 Å². The van der Waals surface area contributed by atoms with E-state index in [-0.39, 0.29) is 28.6 Å². The zero-order chi connectivity index (χ0) is 22.4. The third-order valence-electron chi connectivity index (χ3n) is 9.71. The first-order valence-corrected chi connectivity index (χ1v) is 12.3. The highest BCUT2D eigenvalue weighted by molar-refractivity contribution is 5.82. The summed E-state index contributed by atoms with van der Waals surface area (Å²) in [5, 5.41) is 0. The van der Waals surface area contributed by atoms with Gasteiger partial charge < -0.3 is 14.2 Å². The van der Waals surface area contributed by atoms with Crippen molar-refractivity contribution in [3.8, 4) is 11.5 Å². The summed E-state index contributed by atoms with van der Waals surface area (Å²) in [4.78, 5) is 12.9. The monoisotopic (exact) mass is 442 g/mol. The summed E-state index contributed by atoms with van der Waals surface area (Å²) in [6, 6.07) is 14.6. The van der Waals surface area contributed by atoms with Gasteiger partial charge in [0.05, 0.1) is 5.92 Å². The molecule has 5 aliphatic carbocycles. The van der Waals surface area contributed by atoms with Crippen molar-refractivity contribution in [3.05, 3.63) is 71.3 Å². The van der Waals surface area contributed by atoms with E-state index >= 15 is 0 Å². The molecule has 2 aromatic rings. The van der Waals surface area contributed by atoms with Crippen LogP contribution in [0.1, 0.15) is 49.3 Å². The zero-order valence-electron chi connectivity index (χ0n) is 19.3. The summed E-state index contributed by atoms with van der Waals surface area (Å²) >= 11 is 0. The number of rotatable bonds is 5. The van der Waals surface area contributed by atoms with Crippen LogP contribution < -0.4 is 9.47 Å². The fraction of sp³-hybridized carbons (Fsp3) is 0.483. The van der Waals surface area contributed by atoms with Gasteiger partial charge in [-0.1, -0.05) is 55.0 Å². The number of benzene rings is 2. The Hall–Kier alpha value is -2.59. The number of fused-ring (bicyclic) bond motifs is 1. The molecule has 0 amide bonds. The van der Waals surface area contributed by atoms with Gasteiger partial charge in [-0.3, -0.25) is 4.79 Å². The van der Waals surface area contributed by atoms with Gasteiger partial charge in [0.25, 0.3) is 0 Å². The molecule has 2 fully saturated rings. The van der Waals surface area contributed by atoms with Gasteiger partial charge >= 0.3 is 0 Å². The maximum Gasteiger partial charge on any atom is 0.166 e. The van der Waals surface area contributed by atoms with Crippen molar-refractivity contribution < 1.29 is 19.0 Å². The molecular formula is C29H30O4. The first kappa shape index (κ1) is 19.8. The molecule has 2 spiro atoms. The highest BCUT2D eigenvalue weighted by Gasteiger charge is 2.78. The molecule has 4 bridgehead atoms. The van der Waals surface area contributed by atoms with E-state index in [1.165, 1.54) is 24.0 Å². The predicted molar refractivity (Wildman–Crippen MR) is 124 cm³/mol. The molecule has 1 unspecified atom stereocenters. The Labute approximate surface area is 194 Å². The molecule has 0 radical (unpaired) electrons. The molecule has 6 aliphatic rings. The third-order valence-corrected chi connectivity index (χ3v) is 9.71. The fourth-order valence-corrected chi connectivity index (χ4v) is 8.46. The Morgan fingerprint density at radius 2 is 2.00 bits per heavy atom. The second-order valence-electron chi connectivity index (χ2n) is 10.8. The van der Waals surface area contributed by atoms with Crippen LogP contribution in [0.4, 0.5) is 0 Å². The Balaban J connectivity index is 1.41. The van der Waals surface area contributed by atoms with Gasteiger partial charge in [0.2, 0.25) is 0 Å². The second-order valence-corrected chi connectivity index (χ2v) is 10.8. The highest BCUT2D eigenvalue weighted by atomic mass is 16.6. The standard InChI is InChI=1S/C29H30O4/c1-18(30)22-16-27-13-14-29(22,31-2)26-28(27)12-6-9-21(27)15-20-10-11-23(25(33-26)24(20)28)32-17-19-7-4-3-5-8-19/h3-5,7-8,10-11,13-14,21-22,26H,6,9,12,15-17H2,1-2H3/t21-,22-,26-,27-,28?,29-/m1/s1. The molecule has 2 saturated carbocycles. The average Bonchev–Trinajstić information content (AvgIpc) is 3.20. The molecule has 1 heterocycles. The molecule has 1 aliphatic heterocycles. The van der Waals surface area contributed by atoms with Crippen molar-refractivity contribution in [2.24, 2.45) is 17.3 Å². The first-order chi connectivity index (χ1) is 16.1. The number of carbonyl (C=O) groups is 1. The van der Waals surface area contributed by atoms with Gasteiger partial charge in [0.1, 0.15) is 24.1 Å². The molecular weight excluding hydrogens is 412 g/mol. The lowest BCUT2D eigenvalue weighted by molar-refractivity contribution is -0.207. The summed E-state index contributed by atoms with van der Waals surface area (Å²) in [5.74, 6) is 2.29. The number of allylic oxidation sites excluding steroid dienone is 1. The third kappa shape index (κ3) is 2.19. The van der Waals surface area contributed by atoms with E-state index in [0.717, 1.165) is 36.3 Å². The number of carbonyl (C=O) groups excluding carboxylic acids is 1. The van der Waals surface area contributed by atoms with Crippen LogP contribution in [-0.4, -0.2) is 24.6 Å². The number of methoxy groups -OCH3 is 1. The topological polar surface area (TPSA) is 44.8 Å². The summed E-state index contributed by atoms with van der Waals surface area (Å²) in [7, 11) is 1.75. The van der Waals surface area contributed by atoms with Crippen molar-refractivity contribution in [2.45, 2.75) is 62.8 Å². The summed E-state index contributed by atoms with van der Waals surface area (Å²) in [6.45, 7) is 2.23. The molecule has 4 nitrogen and oxygen atoms in total. The highest BCUT2D eigenvalue weighted by Crippen LogP contribution is 2.76. The van der Waals surface area contributed by atoms with E-state index in [1.807, 2.05) is 18.2 Å². The van der Waals surface area contributed by atoms with E-state index in [2.05, 4.69) is 36.4 Å². The van der Waals surface area contributed by atoms with Crippen LogP contribution in [0.25, 0.3) is 0 Å². The molecule has 8 rings (SSSR count). The molecule has 0 N–H and O–H groups in total. The van der Waals surface area contributed by atoms with Crippen molar-refractivity contribution >= 4 is 5.78 Å². The fourth-order valence-electron chi connectivity index (χ4n) is 8.46. The Morgan fingerprint density at radius 3 is 2.79 bits per heavy atom. The Kier molecular flexibility index (Phi) is 3.91. The summed E-state index contributed by atoms with van der Waals surface area (Å²) < 4.78 is 19.6. The molecule has 6 atom stereocenters. The van der Waals surface area contributed by atoms with Crippen LogP contribution in [0.15, 0.2) is 54.6 Å². The smallest absolute Gasteiger partial charge is 0.166 e. The second kappa shape index (κ2) is 6.50. The van der Waals surface area contributed by atoms with E-state index in [4.69, 9.17) is 14.2 Å². The van der Waals surface area contributed by atoms with E-state index < -0.39 is 5.60 Å². The molecule has 170 valence electrons. The zero-order valence-corrected chi connectivity index (χ0v) is 19.3. The lowest BCUT2D eigenvalue weighted by atomic mass is 9.34. The van der Waals surface area contributed by atoms with Gasteiger partial charge in [0, 0.05) is 23.5 Å². The number of ether oxygens (including phenoxy) is 3. The van der Waals surface area contributed by atoms with E-state index in [1.54, 1.807) is 14.0 Å². The van der Waals surface area contributed by atoms with Crippen LogP contribution in [0.2, 0.25) is 0 Å². The van der Waals surface area contributed by atoms with Crippen LogP contribution in [0.5, 0.6) is 11.5 Å². The van der Waals surface area contributed by atoms with Gasteiger partial charge in [0.15, 0.2) is 11.5 Å². The lowest BCUT2D eigenvalue weighted by Crippen LogP contribution is -2.75. The lowest BCUT2D eigenvalue weighted by Gasteiger charge is -2.69. The van der Waals surface area contributed by atoms with Gasteiger partial charge in [-0.2, -0.15) is 0 Å². The van der Waals surface area contributed by atoms with Crippen LogP contribution in [0, 0.1) is 17.3 Å². The van der Waals surface area contributed by atoms with Crippen molar-refractivity contribution in [1.82, 2.24) is 0 Å². The number of hydrogen-bond donors (Lipinski definition) is 0. The van der Waals surface area contributed by atoms with Gasteiger partial charge in [-0.15, -0.1) is 0 Å². The Bertz CT molecular complexity index is 1190. The van der Waals surface area contributed by atoms with Crippen molar-refractivity contribution in [3.63, 3.8) is 0 Å². The minimum Gasteiger partial charge on any atom is -0.485 e. The van der Waals surface area contributed by atoms with Crippen LogP contribution in [-0.2, 0) is 28.0 Å². The quantitative estimate of drug-likeness (QED) is 0.599. The van der Waals surface area contributed by atoms with E-state index in [0.29, 0.717) is 12.5 Å². The molecule has 4 heteroatoms. The SMILES string of the molecule is CO[C@]12C=C[C@@]3(C[C@@H]1C(C)=O)[C@@H]1CCCC34c3c(ccc(OCc5ccccc5)c3O[C@H]42)C1. The maximum absolute atomic E-state index is 12.9. The van der Waals surface area contributed by atoms with Gasteiger partial charge in [-0.05, 0) is 55.7 Å².